The van der Waals surface area contributed by atoms with Crippen LogP contribution < -0.4 is 54.0 Å². The standard InChI is InChI=1S/C64H92Cl4N12O17/c65-46-35-44(36-47(66)39-46)50(13-20-81)79-61(86)52(77-56(82)11-3-7-16-73-54-9-1-5-14-71-54)42-96-33-31-94-29-27-92-25-23-90-21-18-75-63(88)59(69)60(70)64(89)76-19-22-91-24-26-93-28-30-95-32-34-97-43-53(78-57(83)12-4-8-17-74-55-10-2-6-15-72-55)62(87)80-51(41-58(84)85)45-37-48(67)40-49(68)38-45/h1-2,5-6,9-10,14-15,35-40,50-53,59-60,81H,3-4,7-8,11-13,16-34,41-43,69-70H2,(H,71,73)(H,72,74)(H,75,88)(H,76,89)(H,77,82)(H,78,83)(H,79,86)(H,80,87)(H,84,85). The number of halogens is 4. The molecule has 2 aromatic carbocycles. The number of unbranched alkanes of at least 4 members (excludes halogenated alkanes) is 2. The average molecular weight is 1440 g/mol. The summed E-state index contributed by atoms with van der Waals surface area (Å²) in [6.45, 7) is 3.24. The summed E-state index contributed by atoms with van der Waals surface area (Å²) in [4.78, 5) is 98.6. The number of nitrogens with two attached hydrogens (primary N) is 2. The number of rotatable bonds is 55. The number of nitrogens with zero attached hydrogens (tertiary/aromatic N) is 2. The van der Waals surface area contributed by atoms with Crippen LogP contribution in [-0.4, -0.2) is 224 Å². The van der Waals surface area contributed by atoms with E-state index in [2.05, 4.69) is 52.5 Å². The Balaban J connectivity index is 0.997. The molecule has 0 saturated carbocycles. The second-order valence-electron chi connectivity index (χ2n) is 21.5. The molecule has 4 rings (SSSR count). The van der Waals surface area contributed by atoms with E-state index in [1.165, 1.54) is 18.2 Å². The van der Waals surface area contributed by atoms with E-state index in [4.69, 9.17) is 95.8 Å². The molecule has 6 unspecified atom stereocenters. The molecular formula is C64H92Cl4N12O17. The number of carboxylic acids is 1. The minimum absolute atomic E-state index is 0.0555. The Morgan fingerprint density at radius 1 is 0.443 bits per heavy atom. The van der Waals surface area contributed by atoms with Crippen molar-refractivity contribution in [2.75, 3.05) is 149 Å². The van der Waals surface area contributed by atoms with Crippen molar-refractivity contribution in [3.63, 3.8) is 0 Å². The second kappa shape index (κ2) is 50.6. The van der Waals surface area contributed by atoms with Crippen molar-refractivity contribution in [3.05, 3.63) is 116 Å². The zero-order valence-corrected chi connectivity index (χ0v) is 57.2. The van der Waals surface area contributed by atoms with Crippen molar-refractivity contribution in [3.8, 4) is 0 Å². The minimum atomic E-state index is -1.34. The summed E-state index contributed by atoms with van der Waals surface area (Å²) < 4.78 is 44.7. The highest BCUT2D eigenvalue weighted by Gasteiger charge is 2.29. The van der Waals surface area contributed by atoms with Crippen LogP contribution in [0.3, 0.4) is 0 Å². The first kappa shape index (κ1) is 82.8. The fraction of sp³-hybridized carbons (Fsp3) is 0.547. The maximum absolute atomic E-state index is 13.6. The van der Waals surface area contributed by atoms with Gasteiger partial charge in [-0.2, -0.15) is 0 Å². The number of benzene rings is 2. The van der Waals surface area contributed by atoms with Crippen LogP contribution in [-0.2, 0) is 71.5 Å². The molecule has 0 aliphatic carbocycles. The topological polar surface area (TPSA) is 408 Å². The third-order valence-electron chi connectivity index (χ3n) is 13.8. The first-order valence-electron chi connectivity index (χ1n) is 31.8. The number of anilines is 2. The molecule has 97 heavy (non-hydrogen) atoms. The SMILES string of the molecule is NC(C(=O)NCCOCCOCCOCCOCC(NC(=O)CCCCNc1ccccn1)C(=O)NC(CCO)c1cc(Cl)cc(Cl)c1)C(N)C(=O)NCCOCCOCCOCCOCC(NC(=O)CCCCNc1ccccn1)C(=O)NC(CC(=O)O)c1cc(Cl)cc(Cl)c1. The maximum Gasteiger partial charge on any atom is 0.305 e. The van der Waals surface area contributed by atoms with Crippen LogP contribution in [0.15, 0.2) is 85.2 Å². The Kier molecular flexibility index (Phi) is 43.2. The number of aromatic nitrogens is 2. The van der Waals surface area contributed by atoms with Gasteiger partial charge in [-0.3, -0.25) is 33.6 Å². The molecule has 14 N–H and O–H groups in total. The summed E-state index contributed by atoms with van der Waals surface area (Å²) in [6, 6.07) is 13.8. The second-order valence-corrected chi connectivity index (χ2v) is 23.3. The van der Waals surface area contributed by atoms with E-state index in [-0.39, 0.29) is 161 Å². The van der Waals surface area contributed by atoms with Crippen molar-refractivity contribution in [1.82, 2.24) is 41.9 Å². The number of carbonyl (C=O) groups excluding carboxylic acids is 6. The van der Waals surface area contributed by atoms with E-state index in [0.717, 1.165) is 5.82 Å². The van der Waals surface area contributed by atoms with Crippen molar-refractivity contribution in [2.24, 2.45) is 11.5 Å². The number of pyridine rings is 2. The summed E-state index contributed by atoms with van der Waals surface area (Å²) in [5, 5.41) is 43.2. The van der Waals surface area contributed by atoms with E-state index in [9.17, 15) is 43.8 Å². The fourth-order valence-electron chi connectivity index (χ4n) is 8.84. The zero-order chi connectivity index (χ0) is 70.3. The highest BCUT2D eigenvalue weighted by Crippen LogP contribution is 2.27. The summed E-state index contributed by atoms with van der Waals surface area (Å²) in [5.41, 5.74) is 12.9. The summed E-state index contributed by atoms with van der Waals surface area (Å²) >= 11 is 24.8. The number of carbonyl (C=O) groups is 7. The maximum atomic E-state index is 13.6. The number of nitrogens with one attached hydrogen (secondary N) is 8. The van der Waals surface area contributed by atoms with Gasteiger partial charge in [-0.15, -0.1) is 0 Å². The molecule has 0 aliphatic heterocycles. The molecule has 2 heterocycles. The van der Waals surface area contributed by atoms with Crippen LogP contribution >= 0.6 is 46.4 Å². The van der Waals surface area contributed by atoms with Gasteiger partial charge in [0.25, 0.3) is 0 Å². The molecule has 29 nitrogen and oxygen atoms in total. The first-order valence-corrected chi connectivity index (χ1v) is 33.4. The number of hydrogen-bond donors (Lipinski definition) is 12. The highest BCUT2D eigenvalue weighted by atomic mass is 35.5. The molecule has 0 radical (unpaired) electrons. The number of aliphatic carboxylic acids is 1. The Bertz CT molecular complexity index is 2890. The molecule has 0 spiro atoms. The number of hydrogen-bond acceptors (Lipinski definition) is 22. The van der Waals surface area contributed by atoms with Crippen LogP contribution in [0.4, 0.5) is 11.6 Å². The third kappa shape index (κ3) is 37.8. The third-order valence-corrected chi connectivity index (χ3v) is 14.7. The predicted octanol–water partition coefficient (Wildman–Crippen LogP) is 3.52. The molecule has 33 heteroatoms. The van der Waals surface area contributed by atoms with Gasteiger partial charge in [0.15, 0.2) is 0 Å². The van der Waals surface area contributed by atoms with Gasteiger partial charge in [-0.25, -0.2) is 9.97 Å². The summed E-state index contributed by atoms with van der Waals surface area (Å²) in [6.07, 6.45) is 5.75. The molecule has 6 amide bonds. The Morgan fingerprint density at radius 2 is 0.804 bits per heavy atom. The Hall–Kier alpha value is -6.65. The molecule has 6 atom stereocenters. The first-order chi connectivity index (χ1) is 46.9. The van der Waals surface area contributed by atoms with Gasteiger partial charge < -0.3 is 102 Å². The van der Waals surface area contributed by atoms with E-state index >= 15 is 0 Å². The Morgan fingerprint density at radius 3 is 1.16 bits per heavy atom. The molecule has 0 fully saturated rings. The van der Waals surface area contributed by atoms with E-state index in [0.29, 0.717) is 65.8 Å². The van der Waals surface area contributed by atoms with Crippen molar-refractivity contribution in [2.45, 2.75) is 87.6 Å². The Labute approximate surface area is 584 Å². The van der Waals surface area contributed by atoms with Gasteiger partial charge in [0.05, 0.1) is 124 Å². The van der Waals surface area contributed by atoms with Crippen LogP contribution in [0.5, 0.6) is 0 Å². The van der Waals surface area contributed by atoms with Crippen molar-refractivity contribution in [1.29, 1.82) is 0 Å². The lowest BCUT2D eigenvalue weighted by molar-refractivity contribution is -0.138. The van der Waals surface area contributed by atoms with Crippen molar-refractivity contribution < 1.29 is 81.7 Å². The summed E-state index contributed by atoms with van der Waals surface area (Å²) in [5.74, 6) is -2.96. The van der Waals surface area contributed by atoms with E-state index in [1.54, 1.807) is 36.7 Å². The molecule has 2 aromatic heterocycles. The van der Waals surface area contributed by atoms with Gasteiger partial charge in [-0.1, -0.05) is 58.5 Å². The molecular weight excluding hydrogens is 1350 g/mol. The number of carboxylic acid groups (broad SMARTS) is 1. The van der Waals surface area contributed by atoms with Crippen LogP contribution in [0.25, 0.3) is 0 Å². The lowest BCUT2D eigenvalue weighted by Gasteiger charge is -2.24. The smallest absolute Gasteiger partial charge is 0.305 e. The molecule has 0 bridgehead atoms. The number of amides is 6. The minimum Gasteiger partial charge on any atom is -0.481 e. The van der Waals surface area contributed by atoms with Crippen LogP contribution in [0.1, 0.15) is 74.6 Å². The quantitative estimate of drug-likeness (QED) is 0.0281. The fourth-order valence-corrected chi connectivity index (χ4v) is 9.93. The molecule has 0 saturated heterocycles. The highest BCUT2D eigenvalue weighted by molar-refractivity contribution is 6.35. The zero-order valence-electron chi connectivity index (χ0n) is 54.1. The number of aliphatic hydroxyl groups excluding tert-OH is 1. The van der Waals surface area contributed by atoms with Gasteiger partial charge >= 0.3 is 5.97 Å². The average Bonchev–Trinajstić information content (AvgIpc) is 3.65. The van der Waals surface area contributed by atoms with Gasteiger partial charge in [-0.05, 0) is 104 Å². The van der Waals surface area contributed by atoms with Crippen LogP contribution in [0.2, 0.25) is 20.1 Å². The molecule has 4 aromatic rings. The van der Waals surface area contributed by atoms with E-state index in [1.807, 2.05) is 30.3 Å². The predicted molar refractivity (Wildman–Crippen MR) is 364 cm³/mol. The number of aliphatic hydroxyl groups is 1. The van der Waals surface area contributed by atoms with E-state index < -0.39 is 78.2 Å². The van der Waals surface area contributed by atoms with Gasteiger partial charge in [0.2, 0.25) is 35.4 Å². The lowest BCUT2D eigenvalue weighted by Crippen LogP contribution is -2.58. The van der Waals surface area contributed by atoms with Gasteiger partial charge in [0.1, 0.15) is 35.8 Å². The normalized spacial score (nSPS) is 13.1. The lowest BCUT2D eigenvalue weighted by atomic mass is 10.0. The largest absolute Gasteiger partial charge is 0.481 e. The monoisotopic (exact) mass is 1440 g/mol. The molecule has 538 valence electrons. The van der Waals surface area contributed by atoms with Crippen molar-refractivity contribution >= 4 is 99.5 Å². The number of ether oxygens (including phenoxy) is 8. The van der Waals surface area contributed by atoms with Crippen LogP contribution in [0, 0.1) is 0 Å². The summed E-state index contributed by atoms with van der Waals surface area (Å²) in [7, 11) is 0. The molecule has 0 aliphatic rings. The van der Waals surface area contributed by atoms with Gasteiger partial charge in [0, 0.05) is 78.1 Å².